The number of nitro benzene ring substituents is 1. The topological polar surface area (TPSA) is 81.8 Å². The van der Waals surface area contributed by atoms with Crippen molar-refractivity contribution in [1.29, 1.82) is 0 Å². The summed E-state index contributed by atoms with van der Waals surface area (Å²) >= 11 is 0. The van der Waals surface area contributed by atoms with Crippen LogP contribution in [0.1, 0.15) is 148 Å². The van der Waals surface area contributed by atoms with Gasteiger partial charge in [-0.2, -0.15) is 0 Å². The predicted octanol–water partition coefficient (Wildman–Crippen LogP) is 9.69. The molecule has 0 aliphatic heterocycles. The maximum Gasteiger partial charge on any atom is 0.278 e. The van der Waals surface area contributed by atoms with Crippen molar-refractivity contribution in [3.05, 3.63) is 27.8 Å². The van der Waals surface area contributed by atoms with Crippen molar-refractivity contribution >= 4 is 5.69 Å². The summed E-state index contributed by atoms with van der Waals surface area (Å²) in [5.41, 5.74) is 0.140. The first kappa shape index (κ1) is 33.2. The predicted molar refractivity (Wildman–Crippen MR) is 154 cm³/mol. The van der Waals surface area contributed by atoms with Gasteiger partial charge in [0.05, 0.1) is 36.4 Å². The van der Waals surface area contributed by atoms with E-state index in [1.165, 1.54) is 109 Å². The molecule has 0 saturated carbocycles. The van der Waals surface area contributed by atoms with E-state index >= 15 is 0 Å². The Kier molecular flexibility index (Phi) is 20.9. The lowest BCUT2D eigenvalue weighted by Gasteiger charge is -2.14. The molecule has 0 bridgehead atoms. The highest BCUT2D eigenvalue weighted by molar-refractivity contribution is 5.54. The van der Waals surface area contributed by atoms with Gasteiger partial charge in [-0.3, -0.25) is 10.1 Å². The van der Waals surface area contributed by atoms with Gasteiger partial charge in [-0.1, -0.05) is 129 Å². The average molecular weight is 522 g/mol. The van der Waals surface area contributed by atoms with E-state index in [0.717, 1.165) is 25.7 Å². The van der Waals surface area contributed by atoms with Crippen LogP contribution >= 0.6 is 0 Å². The van der Waals surface area contributed by atoms with Crippen molar-refractivity contribution in [2.24, 2.45) is 0 Å². The molecule has 0 aromatic heterocycles. The van der Waals surface area contributed by atoms with Gasteiger partial charge in [0, 0.05) is 0 Å². The first-order valence-corrected chi connectivity index (χ1v) is 15.3. The Bertz CT molecular complexity index is 694. The van der Waals surface area contributed by atoms with Gasteiger partial charge in [0.1, 0.15) is 0 Å². The standard InChI is InChI=1S/C31H55NO5/c1-3-5-7-9-11-13-15-17-19-21-23-36-30-25-28(27-33)29(32(34)35)26-31(30)37-24-22-20-18-16-14-12-10-8-6-4-2/h25-26,33H,3-24,27H2,1-2H3. The monoisotopic (exact) mass is 521 g/mol. The van der Waals surface area contributed by atoms with Crippen LogP contribution in [-0.2, 0) is 6.61 Å². The fourth-order valence-corrected chi connectivity index (χ4v) is 4.66. The fraction of sp³-hybridized carbons (Fsp3) is 0.806. The molecule has 214 valence electrons. The van der Waals surface area contributed by atoms with Crippen molar-refractivity contribution in [2.75, 3.05) is 13.2 Å². The van der Waals surface area contributed by atoms with E-state index in [1.54, 1.807) is 6.07 Å². The number of hydrogen-bond donors (Lipinski definition) is 1. The van der Waals surface area contributed by atoms with Crippen LogP contribution in [-0.4, -0.2) is 23.2 Å². The number of aliphatic hydroxyl groups excluding tert-OH is 1. The van der Waals surface area contributed by atoms with Gasteiger partial charge in [-0.25, -0.2) is 0 Å². The van der Waals surface area contributed by atoms with Crippen molar-refractivity contribution in [2.45, 2.75) is 149 Å². The van der Waals surface area contributed by atoms with Crippen molar-refractivity contribution in [1.82, 2.24) is 0 Å². The van der Waals surface area contributed by atoms with Crippen molar-refractivity contribution in [3.8, 4) is 11.5 Å². The molecule has 37 heavy (non-hydrogen) atoms. The lowest BCUT2D eigenvalue weighted by molar-refractivity contribution is -0.385. The molecular formula is C31H55NO5. The van der Waals surface area contributed by atoms with E-state index in [4.69, 9.17) is 9.47 Å². The Labute approximate surface area is 226 Å². The molecule has 6 nitrogen and oxygen atoms in total. The normalized spacial score (nSPS) is 11.1. The fourth-order valence-electron chi connectivity index (χ4n) is 4.66. The van der Waals surface area contributed by atoms with E-state index in [1.807, 2.05) is 0 Å². The number of benzene rings is 1. The van der Waals surface area contributed by atoms with Crippen molar-refractivity contribution < 1.29 is 19.5 Å². The largest absolute Gasteiger partial charge is 0.490 e. The molecule has 1 rings (SSSR count). The van der Waals surface area contributed by atoms with Crippen LogP contribution in [0.5, 0.6) is 11.5 Å². The first-order chi connectivity index (χ1) is 18.1. The molecule has 1 N–H and O–H groups in total. The molecule has 0 fully saturated rings. The Morgan fingerprint density at radius 1 is 0.622 bits per heavy atom. The van der Waals surface area contributed by atoms with E-state index in [2.05, 4.69) is 13.8 Å². The molecule has 1 aromatic rings. The number of rotatable bonds is 26. The number of nitro groups is 1. The second kappa shape index (κ2) is 23.3. The lowest BCUT2D eigenvalue weighted by atomic mass is 10.1. The minimum absolute atomic E-state index is 0.119. The summed E-state index contributed by atoms with van der Waals surface area (Å²) < 4.78 is 11.9. The smallest absolute Gasteiger partial charge is 0.278 e. The molecule has 0 saturated heterocycles. The molecule has 0 heterocycles. The zero-order valence-corrected chi connectivity index (χ0v) is 23.9. The van der Waals surface area contributed by atoms with Crippen LogP contribution in [0.3, 0.4) is 0 Å². The summed E-state index contributed by atoms with van der Waals surface area (Å²) in [6.07, 6.45) is 25.0. The van der Waals surface area contributed by atoms with E-state index < -0.39 is 11.5 Å². The summed E-state index contributed by atoms with van der Waals surface area (Å²) in [5.74, 6) is 0.907. The molecule has 0 aliphatic carbocycles. The summed E-state index contributed by atoms with van der Waals surface area (Å²) in [6.45, 7) is 5.16. The van der Waals surface area contributed by atoms with Gasteiger partial charge in [-0.15, -0.1) is 0 Å². The highest BCUT2D eigenvalue weighted by Crippen LogP contribution is 2.35. The van der Waals surface area contributed by atoms with Crippen LogP contribution in [0, 0.1) is 10.1 Å². The van der Waals surface area contributed by atoms with Crippen LogP contribution in [0.25, 0.3) is 0 Å². The van der Waals surface area contributed by atoms with Gasteiger partial charge >= 0.3 is 0 Å². The third-order valence-electron chi connectivity index (χ3n) is 7.02. The zero-order valence-electron chi connectivity index (χ0n) is 23.9. The van der Waals surface area contributed by atoms with Crippen LogP contribution in [0.4, 0.5) is 5.69 Å². The van der Waals surface area contributed by atoms with E-state index in [0.29, 0.717) is 24.7 Å². The molecule has 0 radical (unpaired) electrons. The third-order valence-corrected chi connectivity index (χ3v) is 7.02. The molecule has 0 aliphatic rings. The second-order valence-electron chi connectivity index (χ2n) is 10.4. The minimum atomic E-state index is -0.467. The maximum absolute atomic E-state index is 11.5. The van der Waals surface area contributed by atoms with Gasteiger partial charge in [0.2, 0.25) is 0 Å². The quantitative estimate of drug-likeness (QED) is 0.0745. The minimum Gasteiger partial charge on any atom is -0.490 e. The number of ether oxygens (including phenoxy) is 2. The Morgan fingerprint density at radius 2 is 0.973 bits per heavy atom. The van der Waals surface area contributed by atoms with Crippen LogP contribution in [0.2, 0.25) is 0 Å². The van der Waals surface area contributed by atoms with E-state index in [-0.39, 0.29) is 11.3 Å². The number of hydrogen-bond acceptors (Lipinski definition) is 5. The molecule has 0 unspecified atom stereocenters. The summed E-state index contributed by atoms with van der Waals surface area (Å²) in [5, 5.41) is 21.1. The number of aliphatic hydroxyl groups is 1. The highest BCUT2D eigenvalue weighted by atomic mass is 16.6. The van der Waals surface area contributed by atoms with Crippen molar-refractivity contribution in [3.63, 3.8) is 0 Å². The highest BCUT2D eigenvalue weighted by Gasteiger charge is 2.19. The van der Waals surface area contributed by atoms with Gasteiger partial charge < -0.3 is 14.6 Å². The molecule has 0 amide bonds. The Hall–Kier alpha value is -1.82. The van der Waals surface area contributed by atoms with Crippen LogP contribution < -0.4 is 9.47 Å². The van der Waals surface area contributed by atoms with Crippen LogP contribution in [0.15, 0.2) is 12.1 Å². The Balaban J connectivity index is 2.37. The first-order valence-electron chi connectivity index (χ1n) is 15.3. The molecule has 0 spiro atoms. The zero-order chi connectivity index (χ0) is 27.0. The summed E-state index contributed by atoms with van der Waals surface area (Å²) in [6, 6.07) is 2.98. The van der Waals surface area contributed by atoms with Gasteiger partial charge in [-0.05, 0) is 18.9 Å². The lowest BCUT2D eigenvalue weighted by Crippen LogP contribution is -2.05. The average Bonchev–Trinajstić information content (AvgIpc) is 2.90. The number of nitrogens with zero attached hydrogens (tertiary/aromatic N) is 1. The van der Waals surface area contributed by atoms with Gasteiger partial charge in [0.15, 0.2) is 11.5 Å². The Morgan fingerprint density at radius 3 is 1.32 bits per heavy atom. The summed E-state index contributed by atoms with van der Waals surface area (Å²) in [7, 11) is 0. The molecule has 1 aromatic carbocycles. The SMILES string of the molecule is CCCCCCCCCCCCOc1cc(CO)c([N+](=O)[O-])cc1OCCCCCCCCCCCC. The molecule has 0 atom stereocenters. The number of unbranched alkanes of at least 4 members (excludes halogenated alkanes) is 18. The second-order valence-corrected chi connectivity index (χ2v) is 10.4. The third kappa shape index (κ3) is 16.6. The maximum atomic E-state index is 11.5. The van der Waals surface area contributed by atoms with Gasteiger partial charge in [0.25, 0.3) is 5.69 Å². The van der Waals surface area contributed by atoms with E-state index in [9.17, 15) is 15.2 Å². The molecule has 6 heteroatoms. The molecular weight excluding hydrogens is 466 g/mol. The summed E-state index contributed by atoms with van der Waals surface area (Å²) in [4.78, 5) is 11.0.